The standard InChI is InChI=1S/C25H36O5S.K/c1-2-3-4-5-6-7-8-9-10-11-12-13-21-14-16-22(17-15-21)30-23-18-19-24(26)25(20-23)31(27,28)29;/h14-20,26H,2-13H2,1H3,(H,27,28,29);/q;+1/p-1. The Labute approximate surface area is 236 Å². The van der Waals surface area contributed by atoms with Gasteiger partial charge in [-0.05, 0) is 36.6 Å². The summed E-state index contributed by atoms with van der Waals surface area (Å²) >= 11 is 0. The van der Waals surface area contributed by atoms with Crippen LogP contribution in [-0.2, 0) is 16.5 Å². The van der Waals surface area contributed by atoms with E-state index in [1.165, 1.54) is 82.3 Å². The molecule has 0 aliphatic rings. The Morgan fingerprint density at radius 1 is 0.781 bits per heavy atom. The van der Waals surface area contributed by atoms with Crippen LogP contribution in [0.5, 0.6) is 17.2 Å². The molecule has 0 amide bonds. The average Bonchev–Trinajstić information content (AvgIpc) is 2.74. The van der Waals surface area contributed by atoms with Crippen LogP contribution in [0.1, 0.15) is 83.1 Å². The van der Waals surface area contributed by atoms with E-state index in [9.17, 15) is 13.5 Å². The van der Waals surface area contributed by atoms with Gasteiger partial charge in [0.15, 0.2) is 0 Å². The molecule has 0 atom stereocenters. The van der Waals surface area contributed by atoms with Crippen LogP contribution in [0.25, 0.3) is 0 Å². The van der Waals surface area contributed by atoms with Gasteiger partial charge < -0.3 is 9.84 Å². The zero-order valence-electron chi connectivity index (χ0n) is 19.5. The summed E-state index contributed by atoms with van der Waals surface area (Å²) < 4.78 is 37.2. The van der Waals surface area contributed by atoms with Gasteiger partial charge in [0, 0.05) is 6.07 Å². The summed E-state index contributed by atoms with van der Waals surface area (Å²) in [5.74, 6) is -0.0369. The van der Waals surface area contributed by atoms with Crippen molar-refractivity contribution in [3.05, 3.63) is 48.0 Å². The Hall–Kier alpha value is -0.414. The van der Waals surface area contributed by atoms with E-state index in [1.54, 1.807) is 0 Å². The van der Waals surface area contributed by atoms with E-state index >= 15 is 0 Å². The summed E-state index contributed by atoms with van der Waals surface area (Å²) in [5, 5.41) is 11.6. The molecule has 0 radical (unpaired) electrons. The van der Waals surface area contributed by atoms with Crippen molar-refractivity contribution in [2.24, 2.45) is 0 Å². The van der Waals surface area contributed by atoms with Crippen molar-refractivity contribution in [2.75, 3.05) is 0 Å². The van der Waals surface area contributed by atoms with Gasteiger partial charge in [-0.2, -0.15) is 8.42 Å². The zero-order valence-corrected chi connectivity index (χ0v) is 23.5. The average molecular weight is 487 g/mol. The SMILES string of the molecule is CCCCCCCCCCCCCc1ccc(Oc2ccc([O-])c(S(=O)(=O)O)c2)cc1.[K+]. The third-order valence-corrected chi connectivity index (χ3v) is 6.30. The molecule has 0 aliphatic carbocycles. The topological polar surface area (TPSA) is 86.7 Å². The van der Waals surface area contributed by atoms with Crippen LogP contribution in [0.2, 0.25) is 0 Å². The molecule has 32 heavy (non-hydrogen) atoms. The maximum Gasteiger partial charge on any atom is 1.00 e. The molecule has 172 valence electrons. The van der Waals surface area contributed by atoms with Crippen molar-refractivity contribution in [1.82, 2.24) is 0 Å². The van der Waals surface area contributed by atoms with E-state index in [0.717, 1.165) is 18.6 Å². The normalized spacial score (nSPS) is 11.2. The van der Waals surface area contributed by atoms with Crippen molar-refractivity contribution < 1.29 is 74.2 Å². The summed E-state index contributed by atoms with van der Waals surface area (Å²) in [5.41, 5.74) is 1.23. The number of ether oxygens (including phenoxy) is 1. The molecule has 0 saturated carbocycles. The molecule has 0 aromatic heterocycles. The third kappa shape index (κ3) is 11.6. The maximum atomic E-state index is 11.6. The van der Waals surface area contributed by atoms with Crippen LogP contribution < -0.4 is 61.2 Å². The second-order valence-electron chi connectivity index (χ2n) is 8.12. The van der Waals surface area contributed by atoms with Gasteiger partial charge in [-0.15, -0.1) is 0 Å². The van der Waals surface area contributed by atoms with Gasteiger partial charge in [0.1, 0.15) is 11.5 Å². The van der Waals surface area contributed by atoms with Crippen molar-refractivity contribution in [2.45, 2.75) is 88.9 Å². The molecule has 0 saturated heterocycles. The van der Waals surface area contributed by atoms with Gasteiger partial charge >= 0.3 is 51.4 Å². The molecular formula is C25H35KO5S. The summed E-state index contributed by atoms with van der Waals surface area (Å²) in [6.45, 7) is 2.25. The van der Waals surface area contributed by atoms with Crippen molar-refractivity contribution in [3.8, 4) is 17.2 Å². The molecule has 0 bridgehead atoms. The van der Waals surface area contributed by atoms with E-state index in [-0.39, 0.29) is 57.1 Å². The summed E-state index contributed by atoms with van der Waals surface area (Å²) in [6.07, 6.45) is 15.6. The second-order valence-corrected chi connectivity index (χ2v) is 9.51. The molecule has 2 aromatic carbocycles. The Morgan fingerprint density at radius 3 is 1.81 bits per heavy atom. The van der Waals surface area contributed by atoms with Crippen LogP contribution in [0, 0.1) is 0 Å². The predicted octanol–water partition coefficient (Wildman–Crippen LogP) is 3.66. The van der Waals surface area contributed by atoms with Crippen molar-refractivity contribution >= 4 is 10.1 Å². The van der Waals surface area contributed by atoms with Crippen LogP contribution in [0.4, 0.5) is 0 Å². The van der Waals surface area contributed by atoms with Gasteiger partial charge in [-0.25, -0.2) is 0 Å². The number of aryl methyl sites for hydroxylation is 1. The third-order valence-electron chi connectivity index (χ3n) is 5.42. The molecule has 0 aliphatic heterocycles. The molecular weight excluding hydrogens is 451 g/mol. The molecule has 7 heteroatoms. The van der Waals surface area contributed by atoms with Gasteiger partial charge in [0.05, 0.1) is 4.90 Å². The minimum absolute atomic E-state index is 0. The van der Waals surface area contributed by atoms with E-state index in [4.69, 9.17) is 9.29 Å². The first-order chi connectivity index (χ1) is 14.9. The molecule has 0 unspecified atom stereocenters. The fourth-order valence-electron chi connectivity index (χ4n) is 3.61. The molecule has 1 N–H and O–H groups in total. The van der Waals surface area contributed by atoms with Crippen molar-refractivity contribution in [3.63, 3.8) is 0 Å². The number of hydrogen-bond acceptors (Lipinski definition) is 4. The summed E-state index contributed by atoms with van der Waals surface area (Å²) in [6, 6.07) is 11.1. The van der Waals surface area contributed by atoms with E-state index < -0.39 is 20.8 Å². The zero-order chi connectivity index (χ0) is 22.5. The Kier molecular flexibility index (Phi) is 15.0. The minimum atomic E-state index is -4.57. The smallest absolute Gasteiger partial charge is 0.872 e. The van der Waals surface area contributed by atoms with Gasteiger partial charge in [-0.1, -0.05) is 95.1 Å². The van der Waals surface area contributed by atoms with Gasteiger partial charge in [0.2, 0.25) is 0 Å². The minimum Gasteiger partial charge on any atom is -0.872 e. The summed E-state index contributed by atoms with van der Waals surface area (Å²) in [4.78, 5) is -0.682. The molecule has 5 nitrogen and oxygen atoms in total. The molecule has 2 aromatic rings. The fourth-order valence-corrected chi connectivity index (χ4v) is 4.19. The van der Waals surface area contributed by atoms with Crippen LogP contribution in [0.15, 0.2) is 47.4 Å². The Morgan fingerprint density at radius 2 is 1.28 bits per heavy atom. The van der Waals surface area contributed by atoms with Crippen LogP contribution >= 0.6 is 0 Å². The van der Waals surface area contributed by atoms with E-state index in [2.05, 4.69) is 6.92 Å². The van der Waals surface area contributed by atoms with Crippen LogP contribution in [0.3, 0.4) is 0 Å². The quantitative estimate of drug-likeness (QED) is 0.236. The van der Waals surface area contributed by atoms with Crippen molar-refractivity contribution in [1.29, 1.82) is 0 Å². The predicted molar refractivity (Wildman–Crippen MR) is 122 cm³/mol. The monoisotopic (exact) mass is 486 g/mol. The second kappa shape index (κ2) is 16.3. The van der Waals surface area contributed by atoms with Crippen LogP contribution in [-0.4, -0.2) is 13.0 Å². The van der Waals surface area contributed by atoms with E-state index in [1.807, 2.05) is 24.3 Å². The van der Waals surface area contributed by atoms with Gasteiger partial charge in [-0.3, -0.25) is 4.55 Å². The molecule has 0 spiro atoms. The number of benzene rings is 2. The first-order valence-electron chi connectivity index (χ1n) is 11.5. The number of unbranched alkanes of at least 4 members (excludes halogenated alkanes) is 10. The molecule has 0 fully saturated rings. The molecule has 2 rings (SSSR count). The van der Waals surface area contributed by atoms with E-state index in [0.29, 0.717) is 5.75 Å². The first-order valence-corrected chi connectivity index (χ1v) is 12.9. The maximum absolute atomic E-state index is 11.6. The fraction of sp³-hybridized carbons (Fsp3) is 0.520. The molecule has 0 heterocycles. The van der Waals surface area contributed by atoms with Gasteiger partial charge in [0.25, 0.3) is 10.1 Å². The first kappa shape index (κ1) is 29.6. The Bertz CT molecular complexity index is 882. The largest absolute Gasteiger partial charge is 1.00 e. The number of rotatable bonds is 15. The summed E-state index contributed by atoms with van der Waals surface area (Å²) in [7, 11) is -4.57. The number of hydrogen-bond donors (Lipinski definition) is 1. The Balaban J connectivity index is 0.00000512.